The quantitative estimate of drug-likeness (QED) is 0.277. The van der Waals surface area contributed by atoms with Crippen LogP contribution in [0.2, 0.25) is 0 Å². The number of rotatable bonds is 6. The third-order valence-electron chi connectivity index (χ3n) is 9.27. The van der Waals surface area contributed by atoms with Gasteiger partial charge in [0, 0.05) is 0 Å². The van der Waals surface area contributed by atoms with Gasteiger partial charge < -0.3 is 0 Å². The first-order chi connectivity index (χ1) is 19.0. The first kappa shape index (κ1) is 26.3. The Morgan fingerprint density at radius 1 is 0.821 bits per heavy atom. The second-order valence-corrected chi connectivity index (χ2v) is 14.3. The van der Waals surface area contributed by atoms with Gasteiger partial charge >= 0.3 is 246 Å². The fourth-order valence-corrected chi connectivity index (χ4v) is 10.6. The Bertz CT molecular complexity index is 1700. The molecule has 193 valence electrons. The topological polar surface area (TPSA) is 0 Å². The zero-order valence-corrected chi connectivity index (χ0v) is 26.3. The molecule has 3 aromatic rings. The SMILES string of the molecule is CCc1ccc2c(c1)=[C]([Zr]=[C](c1ccccc1)c1ccccc1)C1=C(C3=CC=CC3)C(C)(CC)C(C)=C(C)C=21. The van der Waals surface area contributed by atoms with Crippen LogP contribution >= 0.6 is 0 Å². The van der Waals surface area contributed by atoms with Crippen molar-refractivity contribution in [2.45, 2.75) is 53.9 Å². The molecule has 6 rings (SSSR count). The Labute approximate surface area is 244 Å². The summed E-state index contributed by atoms with van der Waals surface area (Å²) in [7, 11) is 0. The Morgan fingerprint density at radius 2 is 1.49 bits per heavy atom. The van der Waals surface area contributed by atoms with Gasteiger partial charge in [0.2, 0.25) is 0 Å². The molecule has 0 amide bonds. The molecular weight excluding hydrogens is 548 g/mol. The van der Waals surface area contributed by atoms with Crippen molar-refractivity contribution in [1.82, 2.24) is 0 Å². The van der Waals surface area contributed by atoms with E-state index in [0.717, 1.165) is 19.3 Å². The van der Waals surface area contributed by atoms with Crippen molar-refractivity contribution in [3.8, 4) is 0 Å². The van der Waals surface area contributed by atoms with E-state index < -0.39 is 22.8 Å². The molecule has 0 saturated heterocycles. The number of hydrogen-bond donors (Lipinski definition) is 0. The van der Waals surface area contributed by atoms with Gasteiger partial charge in [-0.25, -0.2) is 0 Å². The summed E-state index contributed by atoms with van der Waals surface area (Å²) in [4.78, 5) is 0. The van der Waals surface area contributed by atoms with Crippen LogP contribution in [0.4, 0.5) is 0 Å². The first-order valence-electron chi connectivity index (χ1n) is 14.4. The van der Waals surface area contributed by atoms with Gasteiger partial charge in [0.1, 0.15) is 0 Å². The summed E-state index contributed by atoms with van der Waals surface area (Å²) in [5.74, 6) is 0. The summed E-state index contributed by atoms with van der Waals surface area (Å²) in [5, 5.41) is 2.96. The van der Waals surface area contributed by atoms with Gasteiger partial charge in [-0.15, -0.1) is 0 Å². The van der Waals surface area contributed by atoms with Gasteiger partial charge in [-0.3, -0.25) is 0 Å². The van der Waals surface area contributed by atoms with E-state index in [1.807, 2.05) is 0 Å². The molecule has 0 spiro atoms. The van der Waals surface area contributed by atoms with Gasteiger partial charge in [0.25, 0.3) is 0 Å². The average molecular weight is 585 g/mol. The van der Waals surface area contributed by atoms with Crippen LogP contribution in [-0.4, -0.2) is 3.21 Å². The molecule has 1 heteroatoms. The van der Waals surface area contributed by atoms with E-state index in [-0.39, 0.29) is 5.41 Å². The van der Waals surface area contributed by atoms with Gasteiger partial charge in [-0.2, -0.15) is 0 Å². The molecule has 0 aromatic heterocycles. The minimum atomic E-state index is -1.26. The maximum absolute atomic E-state index is 2.53. The molecule has 0 aliphatic heterocycles. The van der Waals surface area contributed by atoms with E-state index in [0.29, 0.717) is 0 Å². The molecule has 3 aliphatic carbocycles. The number of fused-ring (bicyclic) bond motifs is 2. The fraction of sp³-hybridized carbons (Fsp3) is 0.237. The summed E-state index contributed by atoms with van der Waals surface area (Å²) >= 11 is -1.26. The summed E-state index contributed by atoms with van der Waals surface area (Å²) in [5.41, 5.74) is 13.5. The van der Waals surface area contributed by atoms with Crippen molar-refractivity contribution in [1.29, 1.82) is 0 Å². The molecule has 3 aliphatic rings. The van der Waals surface area contributed by atoms with E-state index in [1.54, 1.807) is 23.2 Å². The van der Waals surface area contributed by atoms with Crippen LogP contribution in [0.1, 0.15) is 64.2 Å². The fourth-order valence-electron chi connectivity index (χ4n) is 6.70. The Hall–Kier alpha value is -2.89. The molecule has 0 radical (unpaired) electrons. The molecule has 0 N–H and O–H groups in total. The molecule has 1 atom stereocenters. The molecule has 39 heavy (non-hydrogen) atoms. The summed E-state index contributed by atoms with van der Waals surface area (Å²) in [6.07, 6.45) is 10.2. The Balaban J connectivity index is 1.78. The normalized spacial score (nSPS) is 19.8. The van der Waals surface area contributed by atoms with Crippen molar-refractivity contribution in [2.24, 2.45) is 5.41 Å². The van der Waals surface area contributed by atoms with E-state index in [9.17, 15) is 0 Å². The maximum atomic E-state index is 2.53. The van der Waals surface area contributed by atoms with Crippen LogP contribution < -0.4 is 10.4 Å². The predicted octanol–water partition coefficient (Wildman–Crippen LogP) is 7.82. The molecule has 0 saturated carbocycles. The number of allylic oxidation sites excluding steroid dienone is 8. The van der Waals surface area contributed by atoms with Crippen LogP contribution in [-0.2, 0) is 29.2 Å². The molecule has 3 aromatic carbocycles. The van der Waals surface area contributed by atoms with Crippen LogP contribution in [0.15, 0.2) is 125 Å². The van der Waals surface area contributed by atoms with E-state index >= 15 is 0 Å². The third-order valence-corrected chi connectivity index (χ3v) is 13.2. The van der Waals surface area contributed by atoms with Gasteiger partial charge in [0.05, 0.1) is 0 Å². The van der Waals surface area contributed by atoms with Crippen LogP contribution in [0.25, 0.3) is 8.85 Å². The monoisotopic (exact) mass is 583 g/mol. The summed E-state index contributed by atoms with van der Waals surface area (Å²) in [6, 6.07) is 29.7. The van der Waals surface area contributed by atoms with Gasteiger partial charge in [-0.05, 0) is 0 Å². The standard InChI is InChI=1S/C25H27.C13H10.Zr/c1-6-18-12-13-21-20(14-18)15-22-23(21)16(3)17(4)25(5,7-2)24(22)19-10-8-9-11-19;1-3-7-12(8-4-1)11-13-9-5-2-6-10-13;/h8-10,12-14H,6-7,11H2,1-5H3;1-10H;. The molecule has 0 bridgehead atoms. The van der Waals surface area contributed by atoms with Crippen molar-refractivity contribution in [2.75, 3.05) is 0 Å². The summed E-state index contributed by atoms with van der Waals surface area (Å²) in [6.45, 7) is 12.0. The second-order valence-electron chi connectivity index (χ2n) is 11.2. The van der Waals surface area contributed by atoms with Crippen LogP contribution in [0, 0.1) is 5.41 Å². The molecule has 0 nitrogen and oxygen atoms in total. The van der Waals surface area contributed by atoms with Crippen molar-refractivity contribution in [3.63, 3.8) is 0 Å². The molecule has 1 unspecified atom stereocenters. The first-order valence-corrected chi connectivity index (χ1v) is 16.9. The number of benzene rings is 3. The van der Waals surface area contributed by atoms with Crippen LogP contribution in [0.5, 0.6) is 0 Å². The third kappa shape index (κ3) is 4.35. The van der Waals surface area contributed by atoms with Crippen molar-refractivity contribution >= 4 is 12.1 Å². The number of hydrogen-bond acceptors (Lipinski definition) is 0. The van der Waals surface area contributed by atoms with E-state index in [1.165, 1.54) is 43.8 Å². The minimum absolute atomic E-state index is 0.0424. The zero-order valence-electron chi connectivity index (χ0n) is 23.9. The molecule has 0 heterocycles. The predicted molar refractivity (Wildman–Crippen MR) is 164 cm³/mol. The van der Waals surface area contributed by atoms with Crippen molar-refractivity contribution < 1.29 is 22.8 Å². The molecular formula is C38H37Zr. The molecule has 0 fully saturated rings. The summed E-state index contributed by atoms with van der Waals surface area (Å²) < 4.78 is 3.23. The Kier molecular flexibility index (Phi) is 7.15. The Morgan fingerprint density at radius 3 is 2.05 bits per heavy atom. The zero-order chi connectivity index (χ0) is 27.1. The number of aryl methyl sites for hydroxylation is 1. The van der Waals surface area contributed by atoms with Crippen molar-refractivity contribution in [3.05, 3.63) is 152 Å². The second kappa shape index (κ2) is 10.6. The average Bonchev–Trinajstić information content (AvgIpc) is 3.62. The van der Waals surface area contributed by atoms with E-state index in [4.69, 9.17) is 0 Å². The van der Waals surface area contributed by atoms with E-state index in [2.05, 4.69) is 132 Å². The van der Waals surface area contributed by atoms with Gasteiger partial charge in [-0.1, -0.05) is 0 Å². The van der Waals surface area contributed by atoms with Gasteiger partial charge in [0.15, 0.2) is 0 Å². The van der Waals surface area contributed by atoms with Crippen LogP contribution in [0.3, 0.4) is 0 Å².